The first-order valence-corrected chi connectivity index (χ1v) is 11.7. The third-order valence-corrected chi connectivity index (χ3v) is 7.64. The molecule has 0 saturated heterocycles. The molecule has 4 aromatic rings. The highest BCUT2D eigenvalue weighted by atomic mass is 35.5. The summed E-state index contributed by atoms with van der Waals surface area (Å²) in [5, 5.41) is 22.8. The molecule has 0 unspecified atom stereocenters. The Labute approximate surface area is 197 Å². The molecule has 4 heterocycles. The lowest BCUT2D eigenvalue weighted by molar-refractivity contribution is 0.186. The molecule has 1 aromatic carbocycles. The normalized spacial score (nSPS) is 17.8. The van der Waals surface area contributed by atoms with E-state index in [9.17, 15) is 20.0 Å². The van der Waals surface area contributed by atoms with Crippen molar-refractivity contribution in [1.29, 1.82) is 5.26 Å². The predicted molar refractivity (Wildman–Crippen MR) is 127 cm³/mol. The van der Waals surface area contributed by atoms with Crippen LogP contribution in [-0.2, 0) is 20.6 Å². The van der Waals surface area contributed by atoms with E-state index in [1.807, 2.05) is 10.6 Å². The van der Waals surface area contributed by atoms with E-state index in [-0.39, 0.29) is 18.4 Å². The lowest BCUT2D eigenvalue weighted by Crippen LogP contribution is -2.37. The van der Waals surface area contributed by atoms with Crippen LogP contribution in [0.25, 0.3) is 22.2 Å². The third kappa shape index (κ3) is 3.25. The Kier molecular flexibility index (Phi) is 5.24. The number of aryl methyl sites for hydroxylation is 1. The van der Waals surface area contributed by atoms with Crippen LogP contribution in [0, 0.1) is 17.2 Å². The highest BCUT2D eigenvalue weighted by molar-refractivity contribution is 7.10. The van der Waals surface area contributed by atoms with Crippen molar-refractivity contribution in [3.8, 4) is 17.3 Å². The van der Waals surface area contributed by atoms with Crippen molar-refractivity contribution in [2.75, 3.05) is 6.61 Å². The average molecular weight is 482 g/mol. The Hall–Kier alpha value is -3.19. The first kappa shape index (κ1) is 21.6. The van der Waals surface area contributed by atoms with Gasteiger partial charge in [0.2, 0.25) is 0 Å². The summed E-state index contributed by atoms with van der Waals surface area (Å²) in [6, 6.07) is 9.22. The summed E-state index contributed by atoms with van der Waals surface area (Å²) in [5.74, 6) is -0.327. The smallest absolute Gasteiger partial charge is 0.331 e. The van der Waals surface area contributed by atoms with Gasteiger partial charge in [0, 0.05) is 44.1 Å². The fraction of sp³-hybridized carbons (Fsp3) is 0.304. The molecule has 0 fully saturated rings. The summed E-state index contributed by atoms with van der Waals surface area (Å²) in [6.45, 7) is 0.442. The van der Waals surface area contributed by atoms with Crippen LogP contribution in [0.15, 0.2) is 39.2 Å². The maximum atomic E-state index is 13.5. The molecule has 10 heteroatoms. The van der Waals surface area contributed by atoms with Gasteiger partial charge in [0.15, 0.2) is 0 Å². The number of rotatable bonds is 3. The molecular weight excluding hydrogens is 462 g/mol. The van der Waals surface area contributed by atoms with Crippen molar-refractivity contribution in [3.05, 3.63) is 71.9 Å². The number of halogens is 1. The second kappa shape index (κ2) is 7.99. The van der Waals surface area contributed by atoms with Crippen LogP contribution < -0.4 is 11.2 Å². The van der Waals surface area contributed by atoms with Crippen molar-refractivity contribution in [3.63, 3.8) is 0 Å². The minimum absolute atomic E-state index is 0.0296. The van der Waals surface area contributed by atoms with E-state index >= 15 is 0 Å². The lowest BCUT2D eigenvalue weighted by atomic mass is 9.88. The number of aliphatic hydroxyl groups is 1. The second-order valence-electron chi connectivity index (χ2n) is 8.31. The molecule has 8 nitrogen and oxygen atoms in total. The Morgan fingerprint density at radius 1 is 1.30 bits per heavy atom. The molecule has 0 spiro atoms. The van der Waals surface area contributed by atoms with Crippen molar-refractivity contribution in [2.24, 2.45) is 20.0 Å². The highest BCUT2D eigenvalue weighted by Crippen LogP contribution is 2.45. The first-order valence-electron chi connectivity index (χ1n) is 10.4. The van der Waals surface area contributed by atoms with Crippen LogP contribution in [0.2, 0.25) is 5.15 Å². The zero-order valence-electron chi connectivity index (χ0n) is 17.9. The van der Waals surface area contributed by atoms with Gasteiger partial charge in [0.25, 0.3) is 5.56 Å². The molecule has 168 valence electrons. The molecule has 1 aliphatic heterocycles. The second-order valence-corrected chi connectivity index (χ2v) is 9.59. The molecule has 0 saturated carbocycles. The number of hydrogen-bond acceptors (Lipinski definition) is 6. The third-order valence-electron chi connectivity index (χ3n) is 6.36. The highest BCUT2D eigenvalue weighted by Gasteiger charge is 2.37. The van der Waals surface area contributed by atoms with Gasteiger partial charge in [-0.25, -0.2) is 9.78 Å². The van der Waals surface area contributed by atoms with Crippen LogP contribution in [0.4, 0.5) is 0 Å². The van der Waals surface area contributed by atoms with Crippen LogP contribution in [0.1, 0.15) is 28.6 Å². The Morgan fingerprint density at radius 2 is 2.09 bits per heavy atom. The van der Waals surface area contributed by atoms with Gasteiger partial charge in [0.05, 0.1) is 39.8 Å². The fourth-order valence-corrected chi connectivity index (χ4v) is 5.94. The van der Waals surface area contributed by atoms with Gasteiger partial charge >= 0.3 is 5.69 Å². The van der Waals surface area contributed by atoms with Gasteiger partial charge in [-0.15, -0.1) is 11.3 Å². The number of aromatic nitrogens is 4. The number of fused-ring (bicyclic) bond motifs is 3. The monoisotopic (exact) mass is 481 g/mol. The largest absolute Gasteiger partial charge is 0.396 e. The molecule has 1 aliphatic rings. The van der Waals surface area contributed by atoms with E-state index < -0.39 is 11.2 Å². The van der Waals surface area contributed by atoms with Crippen LogP contribution >= 0.6 is 22.9 Å². The number of benzene rings is 1. The van der Waals surface area contributed by atoms with Gasteiger partial charge in [0.1, 0.15) is 10.2 Å². The first-order chi connectivity index (χ1) is 15.8. The van der Waals surface area contributed by atoms with Gasteiger partial charge in [-0.1, -0.05) is 23.7 Å². The number of nitrogens with zero attached hydrogens (tertiary/aromatic N) is 5. The van der Waals surface area contributed by atoms with Crippen molar-refractivity contribution in [1.82, 2.24) is 18.7 Å². The van der Waals surface area contributed by atoms with Gasteiger partial charge in [-0.05, 0) is 18.6 Å². The molecule has 3 aromatic heterocycles. The lowest BCUT2D eigenvalue weighted by Gasteiger charge is -2.31. The summed E-state index contributed by atoms with van der Waals surface area (Å²) in [7, 11) is 3.12. The molecule has 1 N–H and O–H groups in total. The molecule has 0 bridgehead atoms. The summed E-state index contributed by atoms with van der Waals surface area (Å²) in [5.41, 5.74) is 2.34. The van der Waals surface area contributed by atoms with E-state index in [1.54, 1.807) is 30.6 Å². The van der Waals surface area contributed by atoms with Crippen LogP contribution in [0.5, 0.6) is 0 Å². The average Bonchev–Trinajstić information content (AvgIpc) is 3.42. The minimum atomic E-state index is -0.418. The van der Waals surface area contributed by atoms with E-state index in [2.05, 4.69) is 11.1 Å². The summed E-state index contributed by atoms with van der Waals surface area (Å²) < 4.78 is 4.62. The molecule has 0 amide bonds. The molecular formula is C23H20ClN5O3S. The van der Waals surface area contributed by atoms with Gasteiger partial charge < -0.3 is 9.67 Å². The van der Waals surface area contributed by atoms with Gasteiger partial charge in [-0.2, -0.15) is 5.26 Å². The quantitative estimate of drug-likeness (QED) is 0.484. The Bertz CT molecular complexity index is 1570. The molecule has 2 atom stereocenters. The molecule has 5 rings (SSSR count). The number of hydrogen-bond donors (Lipinski definition) is 1. The van der Waals surface area contributed by atoms with Crippen molar-refractivity contribution in [2.45, 2.75) is 18.9 Å². The zero-order valence-corrected chi connectivity index (χ0v) is 19.5. The topological polar surface area (TPSA) is 106 Å². The molecule has 0 radical (unpaired) electrons. The van der Waals surface area contributed by atoms with E-state index in [0.717, 1.165) is 15.3 Å². The number of aliphatic hydroxyl groups excluding tert-OH is 1. The molecule has 33 heavy (non-hydrogen) atoms. The Balaban J connectivity index is 1.97. The predicted octanol–water partition coefficient (Wildman–Crippen LogP) is 2.83. The van der Waals surface area contributed by atoms with Gasteiger partial charge in [-0.3, -0.25) is 13.9 Å². The standard InChI is InChI=1S/C23H20ClN5O3S/c1-27-20-17(22(31)28(2)23(27)32)18(14-5-3-4-12(6-14)8-25)29-9-13(10-30)7-15(19(20)29)21-26-16(24)11-33-21/h3-6,11,13,15,30H,7,9-10H2,1-2H3/t13-,15+/m1/s1. The number of thiazole rings is 1. The van der Waals surface area contributed by atoms with Crippen LogP contribution in [-0.4, -0.2) is 30.4 Å². The van der Waals surface area contributed by atoms with Crippen molar-refractivity contribution >= 4 is 33.8 Å². The van der Waals surface area contributed by atoms with E-state index in [4.69, 9.17) is 11.6 Å². The SMILES string of the molecule is Cn1c(=O)c2c(-c3cccc(C#N)c3)n3c(c2n(C)c1=O)[C@@H](c1nc(Cl)cs1)C[C@@H](CO)C3. The maximum Gasteiger partial charge on any atom is 0.331 e. The molecule has 0 aliphatic carbocycles. The summed E-state index contributed by atoms with van der Waals surface area (Å²) >= 11 is 7.55. The minimum Gasteiger partial charge on any atom is -0.396 e. The summed E-state index contributed by atoms with van der Waals surface area (Å²) in [6.07, 6.45) is 0.612. The van der Waals surface area contributed by atoms with Crippen LogP contribution in [0.3, 0.4) is 0 Å². The fourth-order valence-electron chi connectivity index (χ4n) is 4.87. The summed E-state index contributed by atoms with van der Waals surface area (Å²) in [4.78, 5) is 30.8. The number of nitriles is 1. The zero-order chi connectivity index (χ0) is 23.4. The van der Waals surface area contributed by atoms with Crippen molar-refractivity contribution < 1.29 is 5.11 Å². The Morgan fingerprint density at radius 3 is 2.76 bits per heavy atom. The maximum absolute atomic E-state index is 13.5. The van der Waals surface area contributed by atoms with E-state index in [1.165, 1.54) is 23.0 Å². The van der Waals surface area contributed by atoms with E-state index in [0.29, 0.717) is 45.8 Å².